The Labute approximate surface area is 143 Å². The lowest BCUT2D eigenvalue weighted by Crippen LogP contribution is -2.30. The molecule has 0 radical (unpaired) electrons. The molecule has 1 aromatic heterocycles. The number of oxazole rings is 1. The van der Waals surface area contributed by atoms with Gasteiger partial charge >= 0.3 is 5.76 Å². The highest BCUT2D eigenvalue weighted by molar-refractivity contribution is 5.85. The molecule has 0 atom stereocenters. The molecular formula is C18H27ClN2O2. The average molecular weight is 339 g/mol. The Morgan fingerprint density at radius 1 is 1.09 bits per heavy atom. The van der Waals surface area contributed by atoms with E-state index in [1.54, 1.807) is 4.57 Å². The Hall–Kier alpha value is -1.26. The van der Waals surface area contributed by atoms with Crippen LogP contribution < -0.4 is 5.76 Å². The van der Waals surface area contributed by atoms with Crippen molar-refractivity contribution in [2.45, 2.75) is 52.0 Å². The topological polar surface area (TPSA) is 38.4 Å². The summed E-state index contributed by atoms with van der Waals surface area (Å²) in [6, 6.07) is 6.12. The van der Waals surface area contributed by atoms with E-state index in [0.29, 0.717) is 5.58 Å². The number of aromatic nitrogens is 1. The summed E-state index contributed by atoms with van der Waals surface area (Å²) in [5.74, 6) is -0.224. The van der Waals surface area contributed by atoms with E-state index in [9.17, 15) is 4.79 Å². The first-order valence-corrected chi connectivity index (χ1v) is 8.62. The van der Waals surface area contributed by atoms with Crippen molar-refractivity contribution in [2.75, 3.05) is 19.6 Å². The van der Waals surface area contributed by atoms with Crippen LogP contribution in [0.25, 0.3) is 11.1 Å². The van der Waals surface area contributed by atoms with Gasteiger partial charge in [-0.05, 0) is 50.0 Å². The quantitative estimate of drug-likeness (QED) is 0.831. The van der Waals surface area contributed by atoms with Gasteiger partial charge < -0.3 is 9.32 Å². The third-order valence-corrected chi connectivity index (χ3v) is 4.61. The summed E-state index contributed by atoms with van der Waals surface area (Å²) in [7, 11) is 0. The SMILES string of the molecule is CCCc1ccc2oc(=O)n(CCN3CCCCCC3)c2c1.Cl. The summed E-state index contributed by atoms with van der Waals surface area (Å²) in [4.78, 5) is 14.6. The summed E-state index contributed by atoms with van der Waals surface area (Å²) in [5.41, 5.74) is 2.94. The monoisotopic (exact) mass is 338 g/mol. The Balaban J connectivity index is 0.00000192. The van der Waals surface area contributed by atoms with E-state index in [1.165, 1.54) is 31.2 Å². The highest BCUT2D eigenvalue weighted by Crippen LogP contribution is 2.17. The molecule has 23 heavy (non-hydrogen) atoms. The second-order valence-electron chi connectivity index (χ2n) is 6.33. The zero-order valence-electron chi connectivity index (χ0n) is 13.9. The molecule has 2 heterocycles. The third-order valence-electron chi connectivity index (χ3n) is 4.61. The van der Waals surface area contributed by atoms with E-state index in [-0.39, 0.29) is 18.2 Å². The van der Waals surface area contributed by atoms with Crippen molar-refractivity contribution in [3.8, 4) is 0 Å². The summed E-state index contributed by atoms with van der Waals surface area (Å²) >= 11 is 0. The van der Waals surface area contributed by atoms with Crippen LogP contribution in [0.5, 0.6) is 0 Å². The molecule has 1 aliphatic heterocycles. The van der Waals surface area contributed by atoms with Crippen LogP contribution in [0.2, 0.25) is 0 Å². The predicted molar refractivity (Wildman–Crippen MR) is 96.6 cm³/mol. The van der Waals surface area contributed by atoms with Crippen molar-refractivity contribution in [3.05, 3.63) is 34.3 Å². The van der Waals surface area contributed by atoms with E-state index in [2.05, 4.69) is 24.0 Å². The zero-order chi connectivity index (χ0) is 15.4. The summed E-state index contributed by atoms with van der Waals surface area (Å²) in [5, 5.41) is 0. The van der Waals surface area contributed by atoms with Crippen molar-refractivity contribution >= 4 is 23.5 Å². The molecule has 128 valence electrons. The maximum atomic E-state index is 12.1. The van der Waals surface area contributed by atoms with Gasteiger partial charge in [-0.3, -0.25) is 4.57 Å². The van der Waals surface area contributed by atoms with Crippen molar-refractivity contribution in [2.24, 2.45) is 0 Å². The van der Waals surface area contributed by atoms with Gasteiger partial charge in [0.25, 0.3) is 0 Å². The molecule has 2 aromatic rings. The second kappa shape index (κ2) is 8.55. The Kier molecular flexibility index (Phi) is 6.72. The van der Waals surface area contributed by atoms with E-state index < -0.39 is 0 Å². The number of hydrogen-bond acceptors (Lipinski definition) is 3. The predicted octanol–water partition coefficient (Wildman–Crippen LogP) is 3.84. The zero-order valence-corrected chi connectivity index (χ0v) is 14.7. The van der Waals surface area contributed by atoms with Crippen LogP contribution in [0, 0.1) is 0 Å². The first kappa shape index (κ1) is 18.1. The molecule has 0 bridgehead atoms. The molecule has 0 unspecified atom stereocenters. The number of rotatable bonds is 5. The van der Waals surface area contributed by atoms with Crippen LogP contribution in [-0.4, -0.2) is 29.1 Å². The summed E-state index contributed by atoms with van der Waals surface area (Å²) < 4.78 is 7.19. The van der Waals surface area contributed by atoms with Crippen LogP contribution in [-0.2, 0) is 13.0 Å². The number of likely N-dealkylation sites (tertiary alicyclic amines) is 1. The molecule has 0 saturated carbocycles. The number of fused-ring (bicyclic) bond motifs is 1. The molecule has 1 fully saturated rings. The molecule has 0 spiro atoms. The number of hydrogen-bond donors (Lipinski definition) is 0. The molecule has 5 heteroatoms. The molecule has 0 N–H and O–H groups in total. The highest BCUT2D eigenvalue weighted by Gasteiger charge is 2.13. The molecule has 1 aliphatic rings. The maximum absolute atomic E-state index is 12.1. The second-order valence-corrected chi connectivity index (χ2v) is 6.33. The molecular weight excluding hydrogens is 312 g/mol. The highest BCUT2D eigenvalue weighted by atomic mass is 35.5. The van der Waals surface area contributed by atoms with Crippen LogP contribution in [0.1, 0.15) is 44.6 Å². The smallest absolute Gasteiger partial charge is 0.408 e. The third kappa shape index (κ3) is 4.39. The Morgan fingerprint density at radius 2 is 1.83 bits per heavy atom. The van der Waals surface area contributed by atoms with Gasteiger partial charge in [-0.2, -0.15) is 0 Å². The fourth-order valence-corrected chi connectivity index (χ4v) is 3.36. The van der Waals surface area contributed by atoms with Crippen molar-refractivity contribution in [1.82, 2.24) is 9.47 Å². The molecule has 1 aromatic carbocycles. The molecule has 4 nitrogen and oxygen atoms in total. The van der Waals surface area contributed by atoms with Crippen LogP contribution >= 0.6 is 12.4 Å². The molecule has 1 saturated heterocycles. The molecule has 0 aliphatic carbocycles. The average Bonchev–Trinajstić information content (AvgIpc) is 2.68. The lowest BCUT2D eigenvalue weighted by atomic mass is 10.1. The van der Waals surface area contributed by atoms with Crippen LogP contribution in [0.3, 0.4) is 0 Å². The Morgan fingerprint density at radius 3 is 2.52 bits per heavy atom. The fraction of sp³-hybridized carbons (Fsp3) is 0.611. The van der Waals surface area contributed by atoms with Gasteiger partial charge in [0, 0.05) is 13.1 Å². The lowest BCUT2D eigenvalue weighted by Gasteiger charge is -2.19. The maximum Gasteiger partial charge on any atom is 0.419 e. The number of nitrogens with zero attached hydrogens (tertiary/aromatic N) is 2. The van der Waals surface area contributed by atoms with Gasteiger partial charge in [-0.25, -0.2) is 4.79 Å². The molecule has 0 amide bonds. The standard InChI is InChI=1S/C18H26N2O2.ClH/c1-2-7-15-8-9-17-16(14-15)20(18(21)22-17)13-12-19-10-5-3-4-6-11-19;/h8-9,14H,2-7,10-13H2,1H3;1H. The van der Waals surface area contributed by atoms with Crippen molar-refractivity contribution in [1.29, 1.82) is 0 Å². The van der Waals surface area contributed by atoms with Crippen LogP contribution in [0.4, 0.5) is 0 Å². The fourth-order valence-electron chi connectivity index (χ4n) is 3.36. The first-order chi connectivity index (χ1) is 10.8. The minimum Gasteiger partial charge on any atom is -0.408 e. The van der Waals surface area contributed by atoms with Crippen molar-refractivity contribution in [3.63, 3.8) is 0 Å². The number of benzene rings is 1. The summed E-state index contributed by atoms with van der Waals surface area (Å²) in [6.07, 6.45) is 7.39. The van der Waals surface area contributed by atoms with Gasteiger partial charge in [-0.15, -0.1) is 12.4 Å². The van der Waals surface area contributed by atoms with E-state index >= 15 is 0 Å². The van der Waals surface area contributed by atoms with Crippen molar-refractivity contribution < 1.29 is 4.42 Å². The first-order valence-electron chi connectivity index (χ1n) is 8.62. The van der Waals surface area contributed by atoms with Gasteiger partial charge in [0.2, 0.25) is 0 Å². The van der Waals surface area contributed by atoms with Gasteiger partial charge in [0.05, 0.1) is 5.52 Å². The van der Waals surface area contributed by atoms with Gasteiger partial charge in [0.15, 0.2) is 5.58 Å². The van der Waals surface area contributed by atoms with E-state index in [0.717, 1.165) is 44.5 Å². The number of aryl methyl sites for hydroxylation is 1. The largest absolute Gasteiger partial charge is 0.419 e. The Bertz CT molecular complexity index is 669. The summed E-state index contributed by atoms with van der Waals surface area (Å²) in [6.45, 7) is 6.15. The van der Waals surface area contributed by atoms with E-state index in [1.807, 2.05) is 6.07 Å². The van der Waals surface area contributed by atoms with Crippen LogP contribution in [0.15, 0.2) is 27.4 Å². The normalized spacial score (nSPS) is 16.2. The molecule has 3 rings (SSSR count). The lowest BCUT2D eigenvalue weighted by molar-refractivity contribution is 0.271. The minimum atomic E-state index is -0.224. The van der Waals surface area contributed by atoms with Gasteiger partial charge in [-0.1, -0.05) is 32.3 Å². The van der Waals surface area contributed by atoms with E-state index in [4.69, 9.17) is 4.42 Å². The number of halogens is 1. The van der Waals surface area contributed by atoms with Gasteiger partial charge in [0.1, 0.15) is 0 Å². The minimum absolute atomic E-state index is 0.